The highest BCUT2D eigenvalue weighted by Gasteiger charge is 2.20. The van der Waals surface area contributed by atoms with Gasteiger partial charge in [-0.05, 0) is 55.8 Å². The molecular weight excluding hydrogens is 342 g/mol. The second-order valence-corrected chi connectivity index (χ2v) is 6.79. The largest absolute Gasteiger partial charge is 0.307 e. The van der Waals surface area contributed by atoms with Crippen LogP contribution in [0.2, 0.25) is 0 Å². The molecule has 0 aromatic heterocycles. The van der Waals surface area contributed by atoms with Crippen molar-refractivity contribution in [2.24, 2.45) is 0 Å². The number of anilines is 1. The number of carbonyl (C=O) groups excluding carboxylic acids is 2. The molecule has 2 amide bonds. The summed E-state index contributed by atoms with van der Waals surface area (Å²) >= 11 is 0. The van der Waals surface area contributed by atoms with Crippen LogP contribution in [0.1, 0.15) is 35.2 Å². The number of hydrogen-bond donors (Lipinski definition) is 2. The maximum absolute atomic E-state index is 13.0. The summed E-state index contributed by atoms with van der Waals surface area (Å²) in [5.74, 6) is -0.483. The van der Waals surface area contributed by atoms with Crippen LogP contribution >= 0.6 is 0 Å². The molecule has 2 N–H and O–H groups in total. The molecule has 0 unspecified atom stereocenters. The minimum Gasteiger partial charge on any atom is -0.307 e. The number of hydrogen-bond acceptors (Lipinski definition) is 4. The summed E-state index contributed by atoms with van der Waals surface area (Å²) in [6.45, 7) is 2.79. The van der Waals surface area contributed by atoms with Crippen molar-refractivity contribution in [1.29, 1.82) is 0 Å². The molecule has 1 aliphatic heterocycles. The summed E-state index contributed by atoms with van der Waals surface area (Å²) in [6, 6.07) is 16.5. The van der Waals surface area contributed by atoms with Gasteiger partial charge in [0.05, 0.1) is 13.1 Å². The van der Waals surface area contributed by atoms with Gasteiger partial charge in [0.25, 0.3) is 5.91 Å². The highest BCUT2D eigenvalue weighted by molar-refractivity contribution is 5.95. The first kappa shape index (κ1) is 19.1. The Hall–Kier alpha value is -2.70. The lowest BCUT2D eigenvalue weighted by Gasteiger charge is -2.30. The molecule has 0 saturated carbocycles. The number of nitrogens with one attached hydrogen (secondary N) is 1. The summed E-state index contributed by atoms with van der Waals surface area (Å²) in [4.78, 5) is 28.5. The Morgan fingerprint density at radius 1 is 0.963 bits per heavy atom. The van der Waals surface area contributed by atoms with Crippen molar-refractivity contribution in [3.8, 4) is 0 Å². The summed E-state index contributed by atoms with van der Waals surface area (Å²) in [6.07, 6.45) is 3.53. The van der Waals surface area contributed by atoms with E-state index in [1.54, 1.807) is 34.6 Å². The Balaban J connectivity index is 1.75. The minimum atomic E-state index is -0.553. The number of para-hydroxylation sites is 1. The fraction of sp³-hybridized carbons (Fsp3) is 0.333. The van der Waals surface area contributed by atoms with Crippen molar-refractivity contribution >= 4 is 17.5 Å². The Labute approximate surface area is 159 Å². The van der Waals surface area contributed by atoms with Crippen LogP contribution in [-0.4, -0.2) is 41.6 Å². The summed E-state index contributed by atoms with van der Waals surface area (Å²) < 4.78 is 0. The quantitative estimate of drug-likeness (QED) is 0.608. The van der Waals surface area contributed by atoms with Crippen molar-refractivity contribution in [2.75, 3.05) is 24.5 Å². The predicted octanol–water partition coefficient (Wildman–Crippen LogP) is 2.82. The zero-order valence-electron chi connectivity index (χ0n) is 15.3. The Bertz CT molecular complexity index is 756. The van der Waals surface area contributed by atoms with E-state index in [1.807, 2.05) is 30.3 Å². The maximum Gasteiger partial charge on any atom is 0.274 e. The molecule has 1 fully saturated rings. The zero-order valence-corrected chi connectivity index (χ0v) is 15.3. The van der Waals surface area contributed by atoms with Gasteiger partial charge in [0, 0.05) is 11.3 Å². The van der Waals surface area contributed by atoms with Crippen LogP contribution in [-0.2, 0) is 11.3 Å². The van der Waals surface area contributed by atoms with Gasteiger partial charge >= 0.3 is 0 Å². The highest BCUT2D eigenvalue weighted by Crippen LogP contribution is 2.19. The first-order valence-electron chi connectivity index (χ1n) is 9.28. The van der Waals surface area contributed by atoms with Crippen LogP contribution in [0.4, 0.5) is 5.69 Å². The minimum absolute atomic E-state index is 0.0697. The number of rotatable bonds is 6. The Morgan fingerprint density at radius 3 is 2.26 bits per heavy atom. The fourth-order valence-electron chi connectivity index (χ4n) is 3.33. The predicted molar refractivity (Wildman–Crippen MR) is 104 cm³/mol. The SMILES string of the molecule is O=C(NO)c1ccc(CN(C(=O)CN2CCCCC2)c2ccccc2)cc1. The number of piperidine rings is 1. The van der Waals surface area contributed by atoms with Crippen LogP contribution < -0.4 is 10.4 Å². The molecule has 2 aromatic rings. The van der Waals surface area contributed by atoms with Gasteiger partial charge in [-0.25, -0.2) is 5.48 Å². The van der Waals surface area contributed by atoms with Crippen LogP contribution in [0.3, 0.4) is 0 Å². The van der Waals surface area contributed by atoms with Crippen molar-refractivity contribution < 1.29 is 14.8 Å². The summed E-state index contributed by atoms with van der Waals surface area (Å²) in [5.41, 5.74) is 3.76. The molecule has 6 heteroatoms. The number of amides is 2. The number of hydroxylamine groups is 1. The monoisotopic (exact) mass is 367 g/mol. The summed E-state index contributed by atoms with van der Waals surface area (Å²) in [7, 11) is 0. The molecule has 6 nitrogen and oxygen atoms in total. The molecule has 3 rings (SSSR count). The standard InChI is InChI=1S/C21H25N3O3/c25-20(16-23-13-5-2-6-14-23)24(19-7-3-1-4-8-19)15-17-9-11-18(12-10-17)21(26)22-27/h1,3-4,7-12,27H,2,5-6,13-16H2,(H,22,26). The average molecular weight is 367 g/mol. The van der Waals surface area contributed by atoms with Gasteiger partial charge in [0.2, 0.25) is 5.91 Å². The molecule has 2 aromatic carbocycles. The number of carbonyl (C=O) groups is 2. The number of likely N-dealkylation sites (tertiary alicyclic amines) is 1. The lowest BCUT2D eigenvalue weighted by atomic mass is 10.1. The molecular formula is C21H25N3O3. The third-order valence-corrected chi connectivity index (χ3v) is 4.83. The second-order valence-electron chi connectivity index (χ2n) is 6.79. The van der Waals surface area contributed by atoms with Gasteiger partial charge in [-0.15, -0.1) is 0 Å². The lowest BCUT2D eigenvalue weighted by molar-refractivity contribution is -0.120. The van der Waals surface area contributed by atoms with E-state index in [2.05, 4.69) is 4.90 Å². The molecule has 0 radical (unpaired) electrons. The molecule has 1 saturated heterocycles. The van der Waals surface area contributed by atoms with Crippen LogP contribution in [0, 0.1) is 0 Å². The highest BCUT2D eigenvalue weighted by atomic mass is 16.5. The average Bonchev–Trinajstić information content (AvgIpc) is 2.73. The van der Waals surface area contributed by atoms with Gasteiger partial charge in [-0.2, -0.15) is 0 Å². The van der Waals surface area contributed by atoms with E-state index in [1.165, 1.54) is 6.42 Å². The van der Waals surface area contributed by atoms with Crippen molar-refractivity contribution in [3.63, 3.8) is 0 Å². The Kier molecular flexibility index (Phi) is 6.57. The van der Waals surface area contributed by atoms with Crippen molar-refractivity contribution in [3.05, 3.63) is 65.7 Å². The lowest BCUT2D eigenvalue weighted by Crippen LogP contribution is -2.42. The third kappa shape index (κ3) is 5.15. The molecule has 1 heterocycles. The van der Waals surface area contributed by atoms with E-state index >= 15 is 0 Å². The molecule has 0 aliphatic carbocycles. The van der Waals surface area contributed by atoms with Gasteiger partial charge in [-0.1, -0.05) is 36.8 Å². The van der Waals surface area contributed by atoms with Gasteiger partial charge in [0.1, 0.15) is 0 Å². The van der Waals surface area contributed by atoms with E-state index in [4.69, 9.17) is 5.21 Å². The first-order chi connectivity index (χ1) is 13.2. The van der Waals surface area contributed by atoms with E-state index < -0.39 is 5.91 Å². The zero-order chi connectivity index (χ0) is 19.1. The molecule has 0 bridgehead atoms. The van der Waals surface area contributed by atoms with E-state index in [-0.39, 0.29) is 5.91 Å². The molecule has 142 valence electrons. The molecule has 1 aliphatic rings. The van der Waals surface area contributed by atoms with Gasteiger partial charge in [0.15, 0.2) is 0 Å². The number of benzene rings is 2. The second kappa shape index (κ2) is 9.30. The van der Waals surface area contributed by atoms with Gasteiger partial charge in [-0.3, -0.25) is 19.7 Å². The molecule has 27 heavy (non-hydrogen) atoms. The van der Waals surface area contributed by atoms with E-state index in [0.717, 1.165) is 37.2 Å². The van der Waals surface area contributed by atoms with Crippen molar-refractivity contribution in [2.45, 2.75) is 25.8 Å². The number of nitrogens with zero attached hydrogens (tertiary/aromatic N) is 2. The van der Waals surface area contributed by atoms with Crippen LogP contribution in [0.5, 0.6) is 0 Å². The normalized spacial score (nSPS) is 14.6. The van der Waals surface area contributed by atoms with E-state index in [0.29, 0.717) is 18.7 Å². The third-order valence-electron chi connectivity index (χ3n) is 4.83. The Morgan fingerprint density at radius 2 is 1.63 bits per heavy atom. The fourth-order valence-corrected chi connectivity index (χ4v) is 3.33. The molecule has 0 atom stereocenters. The van der Waals surface area contributed by atoms with E-state index in [9.17, 15) is 9.59 Å². The first-order valence-corrected chi connectivity index (χ1v) is 9.28. The maximum atomic E-state index is 13.0. The topological polar surface area (TPSA) is 72.9 Å². The molecule has 0 spiro atoms. The van der Waals surface area contributed by atoms with Crippen molar-refractivity contribution in [1.82, 2.24) is 10.4 Å². The van der Waals surface area contributed by atoms with Crippen LogP contribution in [0.15, 0.2) is 54.6 Å². The van der Waals surface area contributed by atoms with Crippen LogP contribution in [0.25, 0.3) is 0 Å². The smallest absolute Gasteiger partial charge is 0.274 e. The van der Waals surface area contributed by atoms with Gasteiger partial charge < -0.3 is 4.90 Å². The summed E-state index contributed by atoms with van der Waals surface area (Å²) in [5, 5.41) is 8.72.